The number of carbonyl (C=O) groups excluding carboxylic acids is 2. The molecule has 0 atom stereocenters. The van der Waals surface area contributed by atoms with Crippen LogP contribution in [0.5, 0.6) is 11.5 Å². The molecule has 0 aliphatic carbocycles. The Bertz CT molecular complexity index is 870. The molecule has 0 heterocycles. The Morgan fingerprint density at radius 2 is 1.89 bits per heavy atom. The molecule has 0 saturated heterocycles. The first-order chi connectivity index (χ1) is 13.4. The summed E-state index contributed by atoms with van der Waals surface area (Å²) in [6.45, 7) is 2.53. The molecule has 0 spiro atoms. The zero-order valence-corrected chi connectivity index (χ0v) is 15.2. The first-order valence-electron chi connectivity index (χ1n) is 8.24. The van der Waals surface area contributed by atoms with Crippen LogP contribution in [0.3, 0.4) is 0 Å². The Morgan fingerprint density at radius 3 is 2.61 bits per heavy atom. The lowest BCUT2D eigenvalue weighted by molar-refractivity contribution is -0.149. The number of anilines is 1. The summed E-state index contributed by atoms with van der Waals surface area (Å²) in [6.07, 6.45) is 2.40. The summed E-state index contributed by atoms with van der Waals surface area (Å²) in [6, 6.07) is 7.80. The fraction of sp³-hybridized carbons (Fsp3) is 0.200. The summed E-state index contributed by atoms with van der Waals surface area (Å²) in [4.78, 5) is 23.5. The molecule has 0 radical (unpaired) electrons. The minimum absolute atomic E-state index is 0.332. The Hall–Kier alpha value is -3.42. The normalized spacial score (nSPS) is 10.1. The van der Waals surface area contributed by atoms with Crippen molar-refractivity contribution in [1.82, 2.24) is 0 Å². The van der Waals surface area contributed by atoms with Crippen molar-refractivity contribution in [3.63, 3.8) is 0 Å². The van der Waals surface area contributed by atoms with E-state index in [1.807, 2.05) is 0 Å². The van der Waals surface area contributed by atoms with Crippen LogP contribution in [0.1, 0.15) is 5.56 Å². The second kappa shape index (κ2) is 10.1. The average molecular weight is 391 g/mol. The molecule has 8 heteroatoms. The van der Waals surface area contributed by atoms with Gasteiger partial charge in [0, 0.05) is 6.07 Å². The van der Waals surface area contributed by atoms with Crippen LogP contribution in [-0.2, 0) is 20.7 Å². The summed E-state index contributed by atoms with van der Waals surface area (Å²) >= 11 is 0. The number of hydrogen-bond acceptors (Lipinski definition) is 5. The molecule has 0 unspecified atom stereocenters. The van der Waals surface area contributed by atoms with Crippen molar-refractivity contribution in [1.29, 1.82) is 0 Å². The third-order valence-electron chi connectivity index (χ3n) is 3.52. The molecular weight excluding hydrogens is 372 g/mol. The number of hydrogen-bond donors (Lipinski definition) is 1. The molecule has 0 aliphatic rings. The van der Waals surface area contributed by atoms with Gasteiger partial charge in [-0.3, -0.25) is 4.79 Å². The van der Waals surface area contributed by atoms with E-state index >= 15 is 0 Å². The van der Waals surface area contributed by atoms with Gasteiger partial charge in [-0.1, -0.05) is 12.1 Å². The fourth-order valence-corrected chi connectivity index (χ4v) is 2.23. The molecule has 0 aromatic heterocycles. The van der Waals surface area contributed by atoms with Crippen LogP contribution in [0.15, 0.2) is 49.1 Å². The van der Waals surface area contributed by atoms with Gasteiger partial charge in [-0.25, -0.2) is 13.6 Å². The molecule has 28 heavy (non-hydrogen) atoms. The number of nitrogens with one attached hydrogen (secondary N) is 1. The Morgan fingerprint density at radius 1 is 1.11 bits per heavy atom. The van der Waals surface area contributed by atoms with Gasteiger partial charge < -0.3 is 19.5 Å². The van der Waals surface area contributed by atoms with E-state index in [0.717, 1.165) is 23.8 Å². The lowest BCUT2D eigenvalue weighted by atomic mass is 10.1. The van der Waals surface area contributed by atoms with E-state index in [2.05, 4.69) is 11.9 Å². The van der Waals surface area contributed by atoms with Crippen LogP contribution in [0.4, 0.5) is 14.5 Å². The first kappa shape index (κ1) is 20.9. The van der Waals surface area contributed by atoms with Crippen LogP contribution >= 0.6 is 0 Å². The number of halogens is 2. The van der Waals surface area contributed by atoms with Crippen molar-refractivity contribution >= 4 is 17.6 Å². The maximum atomic E-state index is 13.5. The standard InChI is InChI=1S/C20H19F2NO5/c1-3-4-13-5-8-17(18(9-13)26-2)27-12-20(25)28-11-19(24)23-16-10-14(21)6-7-15(16)22/h3,5-10H,1,4,11-12H2,2H3,(H,23,24). The van der Waals surface area contributed by atoms with Crippen LogP contribution in [0.2, 0.25) is 0 Å². The van der Waals surface area contributed by atoms with Gasteiger partial charge >= 0.3 is 5.97 Å². The SMILES string of the molecule is C=CCc1ccc(OCC(=O)OCC(=O)Nc2cc(F)ccc2F)c(OC)c1. The molecule has 1 amide bonds. The minimum Gasteiger partial charge on any atom is -0.493 e. The summed E-state index contributed by atoms with van der Waals surface area (Å²) in [5, 5.41) is 2.12. The largest absolute Gasteiger partial charge is 0.493 e. The smallest absolute Gasteiger partial charge is 0.344 e. The van der Waals surface area contributed by atoms with Gasteiger partial charge in [0.05, 0.1) is 12.8 Å². The van der Waals surface area contributed by atoms with E-state index in [4.69, 9.17) is 14.2 Å². The van der Waals surface area contributed by atoms with Gasteiger partial charge in [-0.15, -0.1) is 6.58 Å². The Labute approximate surface area is 160 Å². The second-order valence-corrected chi connectivity index (χ2v) is 5.60. The second-order valence-electron chi connectivity index (χ2n) is 5.60. The molecule has 148 valence electrons. The number of amides is 1. The van der Waals surface area contributed by atoms with Crippen LogP contribution in [-0.4, -0.2) is 32.2 Å². The summed E-state index contributed by atoms with van der Waals surface area (Å²) in [5.74, 6) is -2.38. The summed E-state index contributed by atoms with van der Waals surface area (Å²) in [5.41, 5.74) is 0.615. The fourth-order valence-electron chi connectivity index (χ4n) is 2.23. The van der Waals surface area contributed by atoms with Crippen molar-refractivity contribution in [3.05, 3.63) is 66.3 Å². The van der Waals surface area contributed by atoms with E-state index in [1.165, 1.54) is 7.11 Å². The van der Waals surface area contributed by atoms with Crippen molar-refractivity contribution in [2.45, 2.75) is 6.42 Å². The zero-order chi connectivity index (χ0) is 20.5. The molecule has 6 nitrogen and oxygen atoms in total. The minimum atomic E-state index is -0.816. The summed E-state index contributed by atoms with van der Waals surface area (Å²) in [7, 11) is 1.47. The van der Waals surface area contributed by atoms with Crippen LogP contribution < -0.4 is 14.8 Å². The van der Waals surface area contributed by atoms with E-state index < -0.39 is 36.7 Å². The highest BCUT2D eigenvalue weighted by atomic mass is 19.1. The highest BCUT2D eigenvalue weighted by Crippen LogP contribution is 2.28. The predicted molar refractivity (Wildman–Crippen MR) is 98.3 cm³/mol. The van der Waals surface area contributed by atoms with E-state index in [0.29, 0.717) is 17.9 Å². The Balaban J connectivity index is 1.83. The number of rotatable bonds is 9. The van der Waals surface area contributed by atoms with Crippen molar-refractivity contribution in [2.75, 3.05) is 25.6 Å². The summed E-state index contributed by atoms with van der Waals surface area (Å²) < 4.78 is 41.8. The van der Waals surface area contributed by atoms with Gasteiger partial charge in [0.25, 0.3) is 5.91 Å². The number of methoxy groups -OCH3 is 1. The molecule has 0 fully saturated rings. The lowest BCUT2D eigenvalue weighted by Crippen LogP contribution is -2.24. The van der Waals surface area contributed by atoms with E-state index in [-0.39, 0.29) is 5.69 Å². The van der Waals surface area contributed by atoms with Crippen molar-refractivity contribution < 1.29 is 32.6 Å². The van der Waals surface area contributed by atoms with E-state index in [9.17, 15) is 18.4 Å². The first-order valence-corrected chi connectivity index (χ1v) is 8.24. The maximum Gasteiger partial charge on any atom is 0.344 e. The highest BCUT2D eigenvalue weighted by molar-refractivity contribution is 5.92. The maximum absolute atomic E-state index is 13.5. The van der Waals surface area contributed by atoms with E-state index in [1.54, 1.807) is 24.3 Å². The molecule has 0 saturated carbocycles. The third-order valence-corrected chi connectivity index (χ3v) is 3.52. The number of esters is 1. The monoisotopic (exact) mass is 391 g/mol. The number of allylic oxidation sites excluding steroid dienone is 1. The van der Waals surface area contributed by atoms with Crippen LogP contribution in [0.25, 0.3) is 0 Å². The average Bonchev–Trinajstić information content (AvgIpc) is 2.68. The topological polar surface area (TPSA) is 73.9 Å². The van der Waals surface area contributed by atoms with Gasteiger partial charge in [0.2, 0.25) is 0 Å². The molecule has 2 rings (SSSR count). The zero-order valence-electron chi connectivity index (χ0n) is 15.2. The van der Waals surface area contributed by atoms with Crippen molar-refractivity contribution in [3.8, 4) is 11.5 Å². The van der Waals surface area contributed by atoms with Gasteiger partial charge in [-0.2, -0.15) is 0 Å². The number of ether oxygens (including phenoxy) is 3. The van der Waals surface area contributed by atoms with Crippen LogP contribution in [0, 0.1) is 11.6 Å². The van der Waals surface area contributed by atoms with Gasteiger partial charge in [0.1, 0.15) is 11.6 Å². The molecule has 1 N–H and O–H groups in total. The molecule has 0 aliphatic heterocycles. The predicted octanol–water partition coefficient (Wildman–Crippen LogP) is 3.26. The quantitative estimate of drug-likeness (QED) is 0.525. The molecule has 2 aromatic rings. The van der Waals surface area contributed by atoms with Crippen molar-refractivity contribution in [2.24, 2.45) is 0 Å². The molecule has 2 aromatic carbocycles. The van der Waals surface area contributed by atoms with Gasteiger partial charge in [0.15, 0.2) is 24.7 Å². The highest BCUT2D eigenvalue weighted by Gasteiger charge is 2.13. The lowest BCUT2D eigenvalue weighted by Gasteiger charge is -2.12. The molecule has 0 bridgehead atoms. The third kappa shape index (κ3) is 6.08. The Kier molecular flexibility index (Phi) is 7.50. The number of benzene rings is 2. The number of carbonyl (C=O) groups is 2. The molecular formula is C20H19F2NO5. The van der Waals surface area contributed by atoms with Gasteiger partial charge in [-0.05, 0) is 36.2 Å².